The number of hydrogen-bond acceptors (Lipinski definition) is 11. The fourth-order valence-electron chi connectivity index (χ4n) is 4.59. The molecular weight excluding hydrogens is 920 g/mol. The van der Waals surface area contributed by atoms with Gasteiger partial charge in [-0.15, -0.1) is 22.8 Å². The Kier molecular flexibility index (Phi) is 46.7. The molecule has 0 aliphatic rings. The Hall–Kier alpha value is -4.75. The summed E-state index contributed by atoms with van der Waals surface area (Å²) in [6.45, 7) is 25.4. The van der Waals surface area contributed by atoms with Crippen molar-refractivity contribution in [2.75, 3.05) is 40.1 Å². The van der Waals surface area contributed by atoms with Crippen molar-refractivity contribution in [2.24, 2.45) is 30.7 Å². The quantitative estimate of drug-likeness (QED) is 0.0927. The van der Waals surface area contributed by atoms with Gasteiger partial charge in [0.1, 0.15) is 10.6 Å². The first kappa shape index (κ1) is 67.8. The van der Waals surface area contributed by atoms with Gasteiger partial charge in [0, 0.05) is 71.5 Å². The van der Waals surface area contributed by atoms with E-state index in [9.17, 15) is 13.5 Å². The van der Waals surface area contributed by atoms with Gasteiger partial charge in [-0.2, -0.15) is 29.8 Å². The molecule has 0 unspecified atom stereocenters. The maximum atomic E-state index is 12.5. The van der Waals surface area contributed by atoms with Gasteiger partial charge in [-0.1, -0.05) is 199 Å². The van der Waals surface area contributed by atoms with E-state index in [1.54, 1.807) is 51.5 Å². The van der Waals surface area contributed by atoms with E-state index in [2.05, 4.69) is 150 Å². The van der Waals surface area contributed by atoms with Crippen LogP contribution in [0.1, 0.15) is 107 Å². The van der Waals surface area contributed by atoms with Crippen LogP contribution in [0.2, 0.25) is 0 Å². The molecule has 0 aliphatic carbocycles. The first-order valence-corrected chi connectivity index (χ1v) is 24.0. The smallest absolute Gasteiger partial charge is 0.299 e. The van der Waals surface area contributed by atoms with Gasteiger partial charge in [-0.3, -0.25) is 4.18 Å². The minimum Gasteiger partial charge on any atom is -0.505 e. The zero-order valence-corrected chi connectivity index (χ0v) is 46.6. The van der Waals surface area contributed by atoms with Crippen LogP contribution in [0.15, 0.2) is 157 Å². The summed E-state index contributed by atoms with van der Waals surface area (Å²) in [7, 11) is 1.72. The number of nitrogens with one attached hydrogen (secondary N) is 1. The Balaban J connectivity index is -0.000000443. The van der Waals surface area contributed by atoms with Crippen LogP contribution in [0, 0.1) is 13.0 Å². The summed E-state index contributed by atoms with van der Waals surface area (Å²) in [5.74, 6) is -0.318. The van der Waals surface area contributed by atoms with Crippen LogP contribution in [0.3, 0.4) is 0 Å². The molecule has 0 atom stereocenters. The Morgan fingerprint density at radius 1 is 0.606 bits per heavy atom. The molecule has 13 heteroatoms. The van der Waals surface area contributed by atoms with Crippen LogP contribution >= 0.6 is 0 Å². The Bertz CT molecular complexity index is 2170. The Morgan fingerprint density at radius 3 is 1.39 bits per heavy atom. The van der Waals surface area contributed by atoms with Gasteiger partial charge in [0.2, 0.25) is 0 Å². The van der Waals surface area contributed by atoms with E-state index in [1.165, 1.54) is 42.5 Å². The first-order valence-electron chi connectivity index (χ1n) is 22.5. The van der Waals surface area contributed by atoms with Crippen molar-refractivity contribution in [3.8, 4) is 5.75 Å². The standard InChI is InChI=1S/C21H22N5O4S.C10H8.C6H6.4C3H8.C2H6N2.C2H6.Y/c1-5-23-17-8-6-7-14-12-18(31(28,29)30-4)20(21(27)19(14)17)26-24-15-9-10-16(25-22-3)13(2)11-15;1-2-6-10-8-4-3-7-9(10)5-1;1-2-4-6-5-3-1;4*1-3-2;1-3-4-2;1-2;/h6-8,10-12,23,27H,5H2,1-4H3;1-8H;1-6H;4*3H2,1-2H3;1-2H3;1-2H3;/q-1;;;;;;;;;. The topological polar surface area (TPSA) is 150 Å². The van der Waals surface area contributed by atoms with Gasteiger partial charge < -0.3 is 10.4 Å². The van der Waals surface area contributed by atoms with Crippen LogP contribution < -0.4 is 5.32 Å². The summed E-state index contributed by atoms with van der Waals surface area (Å²) in [4.78, 5) is -0.287. The molecule has 0 saturated carbocycles. The molecule has 0 amide bonds. The molecule has 6 aromatic rings. The molecule has 66 heavy (non-hydrogen) atoms. The number of aromatic hydroxyl groups is 1. The van der Waals surface area contributed by atoms with Crippen molar-refractivity contribution in [1.82, 2.24) is 0 Å². The predicted molar refractivity (Wildman–Crippen MR) is 281 cm³/mol. The minimum absolute atomic E-state index is 0. The van der Waals surface area contributed by atoms with Crippen LogP contribution in [0.5, 0.6) is 5.75 Å². The molecule has 0 heterocycles. The number of hydrogen-bond donors (Lipinski definition) is 2. The second kappa shape index (κ2) is 45.4. The molecule has 6 rings (SSSR count). The summed E-state index contributed by atoms with van der Waals surface area (Å²) < 4.78 is 29.7. The summed E-state index contributed by atoms with van der Waals surface area (Å²) in [6, 6.07) is 41.6. The maximum Gasteiger partial charge on any atom is 0.299 e. The molecular formula is C53H80N7O4SY-. The summed E-state index contributed by atoms with van der Waals surface area (Å²) in [6.07, 6.45) is 5.00. The number of phenols is 1. The number of benzene rings is 6. The monoisotopic (exact) mass is 1000 g/mol. The summed E-state index contributed by atoms with van der Waals surface area (Å²) >= 11 is 0. The van der Waals surface area contributed by atoms with Crippen LogP contribution in [0.25, 0.3) is 21.5 Å². The van der Waals surface area contributed by atoms with Crippen LogP contribution in [-0.4, -0.2) is 48.3 Å². The SMILES string of the molecule is CC.CCC.CCC.CCC.CCC.CCNc1cccc2cc(S(=O)(=O)OC)c(N=Nc3[c-]cc(N=NC)c(C)c3)c(O)c12.CN=NC.[Y].c1ccc2ccccc2c1.c1ccccc1. The van der Waals surface area contributed by atoms with Gasteiger partial charge in [0.05, 0.1) is 7.11 Å². The van der Waals surface area contributed by atoms with Crippen LogP contribution in [0.4, 0.5) is 22.7 Å². The third-order valence-corrected chi connectivity index (χ3v) is 8.33. The molecule has 2 N–H and O–H groups in total. The average molecular weight is 1000 g/mol. The van der Waals surface area contributed by atoms with Crippen molar-refractivity contribution < 1.29 is 50.4 Å². The third kappa shape index (κ3) is 29.0. The van der Waals surface area contributed by atoms with Crippen molar-refractivity contribution >= 4 is 54.4 Å². The van der Waals surface area contributed by atoms with Crippen molar-refractivity contribution in [3.05, 3.63) is 133 Å². The number of anilines is 1. The largest absolute Gasteiger partial charge is 0.505 e. The van der Waals surface area contributed by atoms with Gasteiger partial charge in [-0.05, 0) is 46.6 Å². The van der Waals surface area contributed by atoms with E-state index >= 15 is 0 Å². The average Bonchev–Trinajstić information content (AvgIpc) is 3.32. The molecule has 0 aromatic heterocycles. The van der Waals surface area contributed by atoms with Gasteiger partial charge >= 0.3 is 0 Å². The van der Waals surface area contributed by atoms with Crippen LogP contribution in [-0.2, 0) is 47.0 Å². The molecule has 361 valence electrons. The summed E-state index contributed by atoms with van der Waals surface area (Å²) in [5.41, 5.74) is 2.19. The van der Waals surface area contributed by atoms with E-state index in [0.717, 1.165) is 12.7 Å². The number of phenolic OH excluding ortho intramolecular Hbond substituents is 1. The van der Waals surface area contributed by atoms with Gasteiger partial charge in [0.15, 0.2) is 5.75 Å². The molecule has 6 aromatic carbocycles. The second-order valence-corrected chi connectivity index (χ2v) is 14.9. The van der Waals surface area contributed by atoms with E-state index in [0.29, 0.717) is 34.4 Å². The second-order valence-electron chi connectivity index (χ2n) is 13.2. The fourth-order valence-corrected chi connectivity index (χ4v) is 5.41. The molecule has 11 nitrogen and oxygen atoms in total. The molecule has 0 bridgehead atoms. The number of fused-ring (bicyclic) bond motifs is 2. The van der Waals surface area contributed by atoms with Crippen molar-refractivity contribution in [2.45, 2.75) is 114 Å². The molecule has 0 spiro atoms. The Labute approximate surface area is 425 Å². The first-order chi connectivity index (χ1) is 31.4. The fraction of sp³-hybridized carbons (Fsp3) is 0.396. The number of azo groups is 3. The molecule has 0 aliphatic heterocycles. The molecule has 0 fully saturated rings. The number of nitrogens with zero attached hydrogens (tertiary/aromatic N) is 6. The van der Waals surface area contributed by atoms with Crippen molar-refractivity contribution in [3.63, 3.8) is 0 Å². The van der Waals surface area contributed by atoms with E-state index in [4.69, 9.17) is 0 Å². The minimum atomic E-state index is -4.17. The zero-order valence-electron chi connectivity index (χ0n) is 42.9. The molecule has 1 radical (unpaired) electrons. The Morgan fingerprint density at radius 2 is 1.03 bits per heavy atom. The van der Waals surface area contributed by atoms with E-state index < -0.39 is 10.1 Å². The zero-order chi connectivity index (χ0) is 49.9. The van der Waals surface area contributed by atoms with E-state index in [1.807, 2.05) is 64.1 Å². The maximum absolute atomic E-state index is 12.5. The molecule has 0 saturated heterocycles. The third-order valence-electron chi connectivity index (χ3n) is 7.04. The van der Waals surface area contributed by atoms with Crippen molar-refractivity contribution in [1.29, 1.82) is 0 Å². The number of aryl methyl sites for hydroxylation is 1. The van der Waals surface area contributed by atoms with E-state index in [-0.39, 0.29) is 49.0 Å². The van der Waals surface area contributed by atoms with Gasteiger partial charge in [-0.25, -0.2) is 10.2 Å². The summed E-state index contributed by atoms with van der Waals surface area (Å²) in [5, 5.41) is 40.3. The predicted octanol–water partition coefficient (Wildman–Crippen LogP) is 17.5. The number of rotatable bonds is 7. The normalized spacial score (nSPS) is 9.76. The van der Waals surface area contributed by atoms with Gasteiger partial charge in [0.25, 0.3) is 10.1 Å².